The molecule has 6 heteroatoms. The van der Waals surface area contributed by atoms with Gasteiger partial charge in [-0.1, -0.05) is 30.3 Å². The molecule has 132 valence electrons. The first-order chi connectivity index (χ1) is 13.3. The van der Waals surface area contributed by atoms with Gasteiger partial charge in [0, 0.05) is 18.2 Å². The summed E-state index contributed by atoms with van der Waals surface area (Å²) in [5.74, 6) is 0.278. The average Bonchev–Trinajstić information content (AvgIpc) is 3.38. The molecular weight excluding hydrogens is 356 g/mol. The van der Waals surface area contributed by atoms with Crippen LogP contribution in [0.25, 0.3) is 17.1 Å². The summed E-state index contributed by atoms with van der Waals surface area (Å²) >= 11 is 1.38. The Bertz CT molecular complexity index is 1090. The van der Waals surface area contributed by atoms with E-state index in [2.05, 4.69) is 44.5 Å². The van der Waals surface area contributed by atoms with E-state index >= 15 is 0 Å². The number of rotatable bonds is 3. The molecule has 1 fully saturated rings. The van der Waals surface area contributed by atoms with Gasteiger partial charge in [0.2, 0.25) is 0 Å². The Kier molecular flexibility index (Phi) is 3.98. The van der Waals surface area contributed by atoms with Gasteiger partial charge in [0.25, 0.3) is 5.91 Å². The van der Waals surface area contributed by atoms with E-state index in [4.69, 9.17) is 0 Å². The number of benzene rings is 1. The molecule has 1 aliphatic carbocycles. The van der Waals surface area contributed by atoms with E-state index < -0.39 is 0 Å². The monoisotopic (exact) mass is 372 g/mol. The predicted molar refractivity (Wildman–Crippen MR) is 108 cm³/mol. The number of aliphatic imine (C=N–C) groups is 1. The Morgan fingerprint density at radius 1 is 1.04 bits per heavy atom. The van der Waals surface area contributed by atoms with Gasteiger partial charge in [-0.2, -0.15) is 4.99 Å². The van der Waals surface area contributed by atoms with Crippen LogP contribution in [0.2, 0.25) is 0 Å². The highest BCUT2D eigenvalue weighted by atomic mass is 32.2. The third-order valence-corrected chi connectivity index (χ3v) is 5.62. The molecule has 0 radical (unpaired) electrons. The van der Waals surface area contributed by atoms with Gasteiger partial charge in [-0.15, -0.1) is 0 Å². The smallest absolute Gasteiger partial charge is 0.286 e. The van der Waals surface area contributed by atoms with Crippen molar-refractivity contribution in [1.29, 1.82) is 0 Å². The van der Waals surface area contributed by atoms with Gasteiger partial charge in [-0.25, -0.2) is 4.98 Å². The minimum Gasteiger partial charge on any atom is -0.361 e. The largest absolute Gasteiger partial charge is 0.361 e. The first-order valence-electron chi connectivity index (χ1n) is 8.82. The van der Waals surface area contributed by atoms with Crippen LogP contribution >= 0.6 is 11.8 Å². The van der Waals surface area contributed by atoms with Crippen molar-refractivity contribution >= 4 is 39.9 Å². The van der Waals surface area contributed by atoms with Gasteiger partial charge in [0.1, 0.15) is 0 Å². The van der Waals surface area contributed by atoms with Crippen LogP contribution in [0.5, 0.6) is 0 Å². The number of thioether (sulfide) groups is 1. The molecule has 2 unspecified atom stereocenters. The van der Waals surface area contributed by atoms with E-state index in [1.54, 1.807) is 12.3 Å². The molecule has 2 atom stereocenters. The van der Waals surface area contributed by atoms with E-state index in [0.717, 1.165) is 23.1 Å². The molecule has 3 heterocycles. The van der Waals surface area contributed by atoms with Crippen molar-refractivity contribution < 1.29 is 4.79 Å². The zero-order valence-corrected chi connectivity index (χ0v) is 15.2. The van der Waals surface area contributed by atoms with Crippen LogP contribution in [0, 0.1) is 0 Å². The Balaban J connectivity index is 1.28. The van der Waals surface area contributed by atoms with Gasteiger partial charge < -0.3 is 5.32 Å². The van der Waals surface area contributed by atoms with Crippen molar-refractivity contribution in [2.75, 3.05) is 0 Å². The fourth-order valence-electron chi connectivity index (χ4n) is 3.24. The topological polar surface area (TPSA) is 67.2 Å². The van der Waals surface area contributed by atoms with Crippen LogP contribution < -0.4 is 5.32 Å². The van der Waals surface area contributed by atoms with Crippen LogP contribution in [0.1, 0.15) is 23.6 Å². The number of amidine groups is 1. The van der Waals surface area contributed by atoms with E-state index in [-0.39, 0.29) is 5.91 Å². The van der Waals surface area contributed by atoms with E-state index in [1.807, 2.05) is 30.3 Å². The lowest BCUT2D eigenvalue weighted by atomic mass is 10.1. The summed E-state index contributed by atoms with van der Waals surface area (Å²) in [7, 11) is 0. The van der Waals surface area contributed by atoms with E-state index in [1.165, 1.54) is 17.3 Å². The van der Waals surface area contributed by atoms with Crippen molar-refractivity contribution in [1.82, 2.24) is 15.3 Å². The van der Waals surface area contributed by atoms with Crippen molar-refractivity contribution in [3.63, 3.8) is 0 Å². The zero-order chi connectivity index (χ0) is 18.2. The Hall–Kier alpha value is -2.99. The SMILES string of the molecule is O=C1N=C(NC2CC2c2ccccc2)SC1=Cc1ccc2ncccc2n1. The standard InChI is InChI=1S/C21H16N4OS/c26-20-19(11-14-8-9-16-17(23-14)7-4-10-22-16)27-21(25-20)24-18-12-15(18)13-5-2-1-3-6-13/h1-11,15,18H,12H2,(H,24,25,26). The molecule has 0 bridgehead atoms. The second-order valence-corrected chi connectivity index (χ2v) is 7.64. The third kappa shape index (κ3) is 3.36. The summed E-state index contributed by atoms with van der Waals surface area (Å²) in [5.41, 5.74) is 3.71. The third-order valence-electron chi connectivity index (χ3n) is 4.70. The number of nitrogens with one attached hydrogen (secondary N) is 1. The van der Waals surface area contributed by atoms with Crippen LogP contribution in [-0.2, 0) is 4.79 Å². The molecule has 1 aliphatic heterocycles. The zero-order valence-electron chi connectivity index (χ0n) is 14.4. The second-order valence-electron chi connectivity index (χ2n) is 6.61. The van der Waals surface area contributed by atoms with Crippen molar-refractivity contribution in [2.45, 2.75) is 18.4 Å². The van der Waals surface area contributed by atoms with Crippen LogP contribution in [0.4, 0.5) is 0 Å². The minimum atomic E-state index is -0.215. The molecule has 5 nitrogen and oxygen atoms in total. The summed E-state index contributed by atoms with van der Waals surface area (Å²) in [6.45, 7) is 0. The molecule has 1 amide bonds. The number of aromatic nitrogens is 2. The Morgan fingerprint density at radius 3 is 2.81 bits per heavy atom. The van der Waals surface area contributed by atoms with Crippen LogP contribution in [0.15, 0.2) is 70.7 Å². The number of nitrogens with zero attached hydrogens (tertiary/aromatic N) is 3. The summed E-state index contributed by atoms with van der Waals surface area (Å²) in [6.07, 6.45) is 4.60. The molecule has 2 aliphatic rings. The number of amides is 1. The normalized spacial score (nSPS) is 22.9. The maximum absolute atomic E-state index is 12.2. The molecule has 27 heavy (non-hydrogen) atoms. The molecule has 1 saturated carbocycles. The number of hydrogen-bond acceptors (Lipinski definition) is 5. The molecule has 0 saturated heterocycles. The predicted octanol–water partition coefficient (Wildman–Crippen LogP) is 3.75. The summed E-state index contributed by atoms with van der Waals surface area (Å²) in [5, 5.41) is 4.08. The number of pyridine rings is 2. The first kappa shape index (κ1) is 16.2. The first-order valence-corrected chi connectivity index (χ1v) is 9.64. The summed E-state index contributed by atoms with van der Waals surface area (Å²) in [6, 6.07) is 18.3. The molecule has 2 aromatic heterocycles. The van der Waals surface area contributed by atoms with Gasteiger partial charge in [-0.3, -0.25) is 9.78 Å². The van der Waals surface area contributed by atoms with Crippen molar-refractivity contribution in [3.8, 4) is 0 Å². The molecule has 1 N–H and O–H groups in total. The highest BCUT2D eigenvalue weighted by molar-refractivity contribution is 8.18. The quantitative estimate of drug-likeness (QED) is 0.710. The molecule has 3 aromatic rings. The van der Waals surface area contributed by atoms with Gasteiger partial charge >= 0.3 is 0 Å². The fourth-order valence-corrected chi connectivity index (χ4v) is 4.10. The maximum Gasteiger partial charge on any atom is 0.286 e. The highest BCUT2D eigenvalue weighted by Gasteiger charge is 2.40. The second kappa shape index (κ2) is 6.63. The van der Waals surface area contributed by atoms with Gasteiger partial charge in [-0.05, 0) is 54.1 Å². The Morgan fingerprint density at radius 2 is 1.93 bits per heavy atom. The van der Waals surface area contributed by atoms with Crippen LogP contribution in [-0.4, -0.2) is 27.1 Å². The lowest BCUT2D eigenvalue weighted by Crippen LogP contribution is -2.22. The Labute approximate surface area is 160 Å². The van der Waals surface area contributed by atoms with Crippen molar-refractivity contribution in [2.24, 2.45) is 4.99 Å². The van der Waals surface area contributed by atoms with Crippen LogP contribution in [0.3, 0.4) is 0 Å². The van der Waals surface area contributed by atoms with Crippen molar-refractivity contribution in [3.05, 3.63) is 77.0 Å². The lowest BCUT2D eigenvalue weighted by molar-refractivity contribution is -0.113. The molecule has 1 aromatic carbocycles. The molecule has 5 rings (SSSR count). The molecule has 0 spiro atoms. The minimum absolute atomic E-state index is 0.215. The summed E-state index contributed by atoms with van der Waals surface area (Å²) in [4.78, 5) is 25.8. The lowest BCUT2D eigenvalue weighted by Gasteiger charge is -2.04. The number of carbonyl (C=O) groups excluding carboxylic acids is 1. The van der Waals surface area contributed by atoms with E-state index in [0.29, 0.717) is 22.0 Å². The maximum atomic E-state index is 12.2. The summed E-state index contributed by atoms with van der Waals surface area (Å²) < 4.78 is 0. The molecular formula is C21H16N4OS. The number of carbonyl (C=O) groups is 1. The fraction of sp³-hybridized carbons (Fsp3) is 0.143. The highest BCUT2D eigenvalue weighted by Crippen LogP contribution is 2.41. The number of fused-ring (bicyclic) bond motifs is 1. The number of hydrogen-bond donors (Lipinski definition) is 1. The van der Waals surface area contributed by atoms with E-state index in [9.17, 15) is 4.79 Å². The van der Waals surface area contributed by atoms with Gasteiger partial charge in [0.15, 0.2) is 5.17 Å². The van der Waals surface area contributed by atoms with Gasteiger partial charge in [0.05, 0.1) is 21.6 Å². The average molecular weight is 372 g/mol.